The Labute approximate surface area is 162 Å². The third-order valence-corrected chi connectivity index (χ3v) is 4.16. The van der Waals surface area contributed by atoms with Gasteiger partial charge in [-0.15, -0.1) is 0 Å². The van der Waals surface area contributed by atoms with E-state index in [1.807, 2.05) is 37.3 Å². The molecule has 0 aliphatic heterocycles. The van der Waals surface area contributed by atoms with Crippen molar-refractivity contribution in [3.63, 3.8) is 0 Å². The van der Waals surface area contributed by atoms with Crippen LogP contribution < -0.4 is 4.74 Å². The number of carbonyl (C=O) groups is 1. The number of hydrogen-bond acceptors (Lipinski definition) is 6. The quantitative estimate of drug-likeness (QED) is 0.617. The van der Waals surface area contributed by atoms with E-state index in [0.29, 0.717) is 17.9 Å². The highest BCUT2D eigenvalue weighted by molar-refractivity contribution is 5.99. The molecule has 0 amide bonds. The maximum absolute atomic E-state index is 12.3. The molecule has 0 saturated carbocycles. The Bertz CT molecular complexity index is 1100. The fourth-order valence-corrected chi connectivity index (χ4v) is 2.73. The van der Waals surface area contributed by atoms with Crippen LogP contribution in [0, 0.1) is 29.6 Å². The molecule has 0 aliphatic carbocycles. The van der Waals surface area contributed by atoms with Crippen molar-refractivity contribution in [1.82, 2.24) is 0 Å². The summed E-state index contributed by atoms with van der Waals surface area (Å²) in [6.45, 7) is 2.31. The summed E-state index contributed by atoms with van der Waals surface area (Å²) in [5, 5.41) is 18.6. The maximum Gasteiger partial charge on any atom is 0.343 e. The number of rotatable bonds is 5. The lowest BCUT2D eigenvalue weighted by Crippen LogP contribution is -2.04. The lowest BCUT2D eigenvalue weighted by Gasteiger charge is -2.11. The van der Waals surface area contributed by atoms with E-state index in [1.54, 1.807) is 30.3 Å². The van der Waals surface area contributed by atoms with E-state index in [-0.39, 0.29) is 22.6 Å². The number of nitrogens with zero attached hydrogens (tertiary/aromatic N) is 2. The highest BCUT2D eigenvalue weighted by Crippen LogP contribution is 2.37. The van der Waals surface area contributed by atoms with E-state index >= 15 is 0 Å². The molecule has 3 aromatic rings. The van der Waals surface area contributed by atoms with Crippen LogP contribution in [0.2, 0.25) is 0 Å². The summed E-state index contributed by atoms with van der Waals surface area (Å²) in [7, 11) is 1.20. The van der Waals surface area contributed by atoms with Gasteiger partial charge < -0.3 is 13.9 Å². The molecule has 0 saturated heterocycles. The van der Waals surface area contributed by atoms with Crippen molar-refractivity contribution >= 4 is 5.97 Å². The van der Waals surface area contributed by atoms with Crippen LogP contribution in [0.5, 0.6) is 5.75 Å². The number of ether oxygens (including phenoxy) is 2. The van der Waals surface area contributed by atoms with E-state index in [0.717, 1.165) is 11.1 Å². The van der Waals surface area contributed by atoms with E-state index in [9.17, 15) is 15.3 Å². The number of hydrogen-bond donors (Lipinski definition) is 0. The fourth-order valence-electron chi connectivity index (χ4n) is 2.73. The number of para-hydroxylation sites is 1. The number of esters is 1. The molecular formula is C22H16N2O4. The number of aryl methyl sites for hydroxylation is 1. The van der Waals surface area contributed by atoms with Crippen LogP contribution in [0.4, 0.5) is 0 Å². The van der Waals surface area contributed by atoms with Crippen LogP contribution in [0.1, 0.15) is 32.8 Å². The molecule has 138 valence electrons. The van der Waals surface area contributed by atoms with Crippen LogP contribution in [0.3, 0.4) is 0 Å². The molecule has 0 atom stereocenters. The van der Waals surface area contributed by atoms with Gasteiger partial charge in [0.2, 0.25) is 5.76 Å². The minimum Gasteiger partial charge on any atom is -0.488 e. The second-order valence-corrected chi connectivity index (χ2v) is 6.00. The zero-order valence-corrected chi connectivity index (χ0v) is 15.4. The lowest BCUT2D eigenvalue weighted by molar-refractivity contribution is 0.0601. The first-order valence-electron chi connectivity index (χ1n) is 8.42. The number of benzene rings is 2. The molecule has 0 N–H and O–H groups in total. The molecule has 3 rings (SSSR count). The van der Waals surface area contributed by atoms with Gasteiger partial charge in [0, 0.05) is 0 Å². The van der Waals surface area contributed by atoms with Gasteiger partial charge in [-0.2, -0.15) is 10.5 Å². The molecule has 2 aromatic carbocycles. The van der Waals surface area contributed by atoms with Crippen LogP contribution in [-0.4, -0.2) is 13.1 Å². The van der Waals surface area contributed by atoms with Gasteiger partial charge >= 0.3 is 5.97 Å². The van der Waals surface area contributed by atoms with Crippen molar-refractivity contribution in [2.75, 3.05) is 7.11 Å². The first-order chi connectivity index (χ1) is 13.6. The van der Waals surface area contributed by atoms with Crippen molar-refractivity contribution < 1.29 is 18.7 Å². The van der Waals surface area contributed by atoms with E-state index in [4.69, 9.17) is 13.9 Å². The molecule has 0 aliphatic rings. The number of carbonyl (C=O) groups excluding carboxylic acids is 1. The third-order valence-electron chi connectivity index (χ3n) is 4.16. The predicted molar refractivity (Wildman–Crippen MR) is 100 cm³/mol. The Morgan fingerprint density at radius 1 is 1.07 bits per heavy atom. The SMILES string of the molecule is COC(=O)c1c(-c2ccccc2OCc2ccc(C)cc2)oc(C#N)c1C#N. The largest absolute Gasteiger partial charge is 0.488 e. The normalized spacial score (nSPS) is 10.0. The summed E-state index contributed by atoms with van der Waals surface area (Å²) in [6.07, 6.45) is 0. The molecule has 1 heterocycles. The van der Waals surface area contributed by atoms with Crippen molar-refractivity contribution in [3.8, 4) is 29.2 Å². The maximum atomic E-state index is 12.3. The predicted octanol–water partition coefficient (Wildman–Crippen LogP) is 4.36. The van der Waals surface area contributed by atoms with Crippen LogP contribution in [0.15, 0.2) is 52.9 Å². The zero-order valence-electron chi connectivity index (χ0n) is 15.4. The van der Waals surface area contributed by atoms with Gasteiger partial charge in [0.1, 0.15) is 35.6 Å². The molecule has 0 fully saturated rings. The molecule has 28 heavy (non-hydrogen) atoms. The highest BCUT2D eigenvalue weighted by atomic mass is 16.5. The summed E-state index contributed by atoms with van der Waals surface area (Å²) in [5.41, 5.74) is 2.33. The van der Waals surface area contributed by atoms with Gasteiger partial charge in [0.15, 0.2) is 5.76 Å². The standard InChI is InChI=1S/C22H16N2O4/c1-14-7-9-15(10-8-14)13-27-18-6-4-3-5-16(18)21-20(22(25)26-2)17(11-23)19(12-24)28-21/h3-10H,13H2,1-2H3. The van der Waals surface area contributed by atoms with Crippen LogP contribution in [-0.2, 0) is 11.3 Å². The average molecular weight is 372 g/mol. The monoisotopic (exact) mass is 372 g/mol. The fraction of sp³-hybridized carbons (Fsp3) is 0.136. The van der Waals surface area contributed by atoms with Gasteiger partial charge in [-0.25, -0.2) is 4.79 Å². The summed E-state index contributed by atoms with van der Waals surface area (Å²) in [5.74, 6) is -0.480. The Morgan fingerprint density at radius 3 is 2.43 bits per heavy atom. The Kier molecular flexibility index (Phi) is 5.43. The zero-order chi connectivity index (χ0) is 20.1. The Hall–Kier alpha value is -4.03. The van der Waals surface area contributed by atoms with Crippen LogP contribution in [0.25, 0.3) is 11.3 Å². The van der Waals surface area contributed by atoms with E-state index < -0.39 is 5.97 Å². The minimum absolute atomic E-state index is 0.0689. The Balaban J connectivity index is 2.04. The first kappa shape index (κ1) is 18.8. The summed E-state index contributed by atoms with van der Waals surface area (Å²) >= 11 is 0. The second-order valence-electron chi connectivity index (χ2n) is 6.00. The third kappa shape index (κ3) is 3.58. The minimum atomic E-state index is -0.759. The molecule has 6 heteroatoms. The molecule has 0 spiro atoms. The van der Waals surface area contributed by atoms with Crippen molar-refractivity contribution in [2.45, 2.75) is 13.5 Å². The second kappa shape index (κ2) is 8.11. The molecular weight excluding hydrogens is 356 g/mol. The number of furan rings is 1. The molecule has 6 nitrogen and oxygen atoms in total. The molecule has 0 unspecified atom stereocenters. The smallest absolute Gasteiger partial charge is 0.343 e. The molecule has 0 bridgehead atoms. The van der Waals surface area contributed by atoms with Crippen molar-refractivity contribution in [2.24, 2.45) is 0 Å². The first-order valence-corrected chi connectivity index (χ1v) is 8.42. The lowest BCUT2D eigenvalue weighted by atomic mass is 10.0. The highest BCUT2D eigenvalue weighted by Gasteiger charge is 2.29. The molecule has 0 radical (unpaired) electrons. The van der Waals surface area contributed by atoms with Gasteiger partial charge in [0.05, 0.1) is 12.7 Å². The topological polar surface area (TPSA) is 96.2 Å². The summed E-state index contributed by atoms with van der Waals surface area (Å²) in [6, 6.07) is 18.5. The number of nitriles is 2. The van der Waals surface area contributed by atoms with Crippen molar-refractivity contribution in [3.05, 3.63) is 76.5 Å². The van der Waals surface area contributed by atoms with Gasteiger partial charge in [-0.1, -0.05) is 42.0 Å². The Morgan fingerprint density at radius 2 is 1.79 bits per heavy atom. The van der Waals surface area contributed by atoms with Crippen molar-refractivity contribution in [1.29, 1.82) is 10.5 Å². The van der Waals surface area contributed by atoms with E-state index in [1.165, 1.54) is 7.11 Å². The summed E-state index contributed by atoms with van der Waals surface area (Å²) < 4.78 is 16.2. The van der Waals surface area contributed by atoms with E-state index in [2.05, 4.69) is 0 Å². The average Bonchev–Trinajstić information content (AvgIpc) is 3.11. The summed E-state index contributed by atoms with van der Waals surface area (Å²) in [4.78, 5) is 12.3. The van der Waals surface area contributed by atoms with Gasteiger partial charge in [-0.3, -0.25) is 0 Å². The van der Waals surface area contributed by atoms with Gasteiger partial charge in [0.25, 0.3) is 0 Å². The van der Waals surface area contributed by atoms with Gasteiger partial charge in [-0.05, 0) is 24.6 Å². The number of methoxy groups -OCH3 is 1. The molecule has 1 aromatic heterocycles. The van der Waals surface area contributed by atoms with Crippen LogP contribution >= 0.6 is 0 Å².